The first-order valence-electron chi connectivity index (χ1n) is 4.45. The van der Waals surface area contributed by atoms with Crippen molar-refractivity contribution in [3.8, 4) is 11.1 Å². The summed E-state index contributed by atoms with van der Waals surface area (Å²) in [5.41, 5.74) is 3.64. The van der Waals surface area contributed by atoms with Crippen LogP contribution in [0.3, 0.4) is 0 Å². The Labute approximate surface area is 97.3 Å². The number of pyridine rings is 1. The van der Waals surface area contributed by atoms with E-state index in [0.29, 0.717) is 0 Å². The highest BCUT2D eigenvalue weighted by Crippen LogP contribution is 2.23. The average molecular weight is 295 g/mol. The Morgan fingerprint density at radius 3 is 2.57 bits per heavy atom. The highest BCUT2D eigenvalue weighted by molar-refractivity contribution is 14.1. The minimum atomic E-state index is 1.06. The molecule has 0 aliphatic carbocycles. The summed E-state index contributed by atoms with van der Waals surface area (Å²) in [7, 11) is 0. The van der Waals surface area contributed by atoms with E-state index in [4.69, 9.17) is 0 Å². The second-order valence-electron chi connectivity index (χ2n) is 3.22. The Kier molecular flexibility index (Phi) is 2.82. The maximum absolute atomic E-state index is 4.34. The van der Waals surface area contributed by atoms with Gasteiger partial charge in [-0.2, -0.15) is 0 Å². The molecule has 0 amide bonds. The SMILES string of the molecule is Cc1cnc(I)c(-c2ccccc2)c1. The number of nitrogens with zero attached hydrogens (tertiary/aromatic N) is 1. The second kappa shape index (κ2) is 4.09. The number of hydrogen-bond donors (Lipinski definition) is 0. The number of halogens is 1. The van der Waals surface area contributed by atoms with Gasteiger partial charge in [0.05, 0.1) is 0 Å². The fraction of sp³-hybridized carbons (Fsp3) is 0.0833. The average Bonchev–Trinajstić information content (AvgIpc) is 2.23. The maximum atomic E-state index is 4.34. The van der Waals surface area contributed by atoms with Crippen molar-refractivity contribution < 1.29 is 0 Å². The molecule has 2 heteroatoms. The summed E-state index contributed by atoms with van der Waals surface area (Å²) in [4.78, 5) is 4.34. The van der Waals surface area contributed by atoms with E-state index in [0.717, 1.165) is 3.70 Å². The van der Waals surface area contributed by atoms with E-state index in [2.05, 4.69) is 52.7 Å². The quantitative estimate of drug-likeness (QED) is 0.578. The van der Waals surface area contributed by atoms with Gasteiger partial charge in [-0.15, -0.1) is 0 Å². The monoisotopic (exact) mass is 295 g/mol. The molecule has 0 unspecified atom stereocenters. The fourth-order valence-corrected chi connectivity index (χ4v) is 1.98. The van der Waals surface area contributed by atoms with Crippen LogP contribution in [-0.2, 0) is 0 Å². The van der Waals surface area contributed by atoms with Crippen molar-refractivity contribution in [2.75, 3.05) is 0 Å². The van der Waals surface area contributed by atoms with Gasteiger partial charge in [-0.25, -0.2) is 4.98 Å². The third-order valence-corrected chi connectivity index (χ3v) is 2.92. The first kappa shape index (κ1) is 9.65. The molecule has 0 bridgehead atoms. The van der Waals surface area contributed by atoms with Gasteiger partial charge in [0.1, 0.15) is 3.70 Å². The number of hydrogen-bond acceptors (Lipinski definition) is 1. The summed E-state index contributed by atoms with van der Waals surface area (Å²) in [5, 5.41) is 0. The normalized spacial score (nSPS) is 10.1. The molecule has 0 spiro atoms. The molecule has 0 radical (unpaired) electrons. The molecule has 1 aromatic heterocycles. The molecule has 0 N–H and O–H groups in total. The van der Waals surface area contributed by atoms with Crippen molar-refractivity contribution in [3.05, 3.63) is 51.9 Å². The number of aryl methyl sites for hydroxylation is 1. The van der Waals surface area contributed by atoms with E-state index in [1.165, 1.54) is 16.7 Å². The molecule has 2 rings (SSSR count). The molecular formula is C12H10IN. The zero-order valence-electron chi connectivity index (χ0n) is 7.87. The molecule has 14 heavy (non-hydrogen) atoms. The van der Waals surface area contributed by atoms with Gasteiger partial charge >= 0.3 is 0 Å². The third-order valence-electron chi connectivity index (χ3n) is 2.06. The Morgan fingerprint density at radius 2 is 1.86 bits per heavy atom. The number of aromatic nitrogens is 1. The maximum Gasteiger partial charge on any atom is 0.109 e. The van der Waals surface area contributed by atoms with E-state index in [9.17, 15) is 0 Å². The summed E-state index contributed by atoms with van der Waals surface area (Å²) < 4.78 is 1.06. The topological polar surface area (TPSA) is 12.9 Å². The number of benzene rings is 1. The van der Waals surface area contributed by atoms with Crippen LogP contribution in [0, 0.1) is 10.6 Å². The molecule has 1 heterocycles. The lowest BCUT2D eigenvalue weighted by atomic mass is 10.1. The zero-order valence-corrected chi connectivity index (χ0v) is 10.0. The van der Waals surface area contributed by atoms with Gasteiger partial charge in [0.2, 0.25) is 0 Å². The Balaban J connectivity index is 2.57. The third kappa shape index (κ3) is 1.95. The second-order valence-corrected chi connectivity index (χ2v) is 4.24. The van der Waals surface area contributed by atoms with E-state index >= 15 is 0 Å². The van der Waals surface area contributed by atoms with Crippen molar-refractivity contribution in [2.45, 2.75) is 6.92 Å². The van der Waals surface area contributed by atoms with Crippen LogP contribution in [0.15, 0.2) is 42.6 Å². The fourth-order valence-electron chi connectivity index (χ4n) is 1.37. The van der Waals surface area contributed by atoms with Gasteiger partial charge in [-0.3, -0.25) is 0 Å². The van der Waals surface area contributed by atoms with Gasteiger partial charge < -0.3 is 0 Å². The minimum absolute atomic E-state index is 1.06. The lowest BCUT2D eigenvalue weighted by molar-refractivity contribution is 1.23. The lowest BCUT2D eigenvalue weighted by Gasteiger charge is -2.04. The smallest absolute Gasteiger partial charge is 0.109 e. The first-order valence-corrected chi connectivity index (χ1v) is 5.53. The molecule has 0 aliphatic heterocycles. The van der Waals surface area contributed by atoms with Crippen LogP contribution in [0.25, 0.3) is 11.1 Å². The molecule has 0 saturated carbocycles. The Morgan fingerprint density at radius 1 is 1.14 bits per heavy atom. The van der Waals surface area contributed by atoms with Crippen LogP contribution >= 0.6 is 22.6 Å². The molecule has 0 aliphatic rings. The highest BCUT2D eigenvalue weighted by atomic mass is 127. The molecule has 70 valence electrons. The van der Waals surface area contributed by atoms with Crippen molar-refractivity contribution in [1.29, 1.82) is 0 Å². The predicted octanol–water partition coefficient (Wildman–Crippen LogP) is 3.66. The molecular weight excluding hydrogens is 285 g/mol. The van der Waals surface area contributed by atoms with Crippen molar-refractivity contribution in [2.24, 2.45) is 0 Å². The van der Waals surface area contributed by atoms with Gasteiger partial charge in [0, 0.05) is 11.8 Å². The summed E-state index contributed by atoms with van der Waals surface area (Å²) in [6, 6.07) is 12.5. The van der Waals surface area contributed by atoms with E-state index in [1.54, 1.807) is 0 Å². The van der Waals surface area contributed by atoms with Crippen molar-refractivity contribution >= 4 is 22.6 Å². The Hall–Kier alpha value is -0.900. The van der Waals surface area contributed by atoms with Crippen LogP contribution in [0.4, 0.5) is 0 Å². The largest absolute Gasteiger partial charge is 0.249 e. The Bertz CT molecular complexity index is 437. The summed E-state index contributed by atoms with van der Waals surface area (Å²) in [6.07, 6.45) is 1.90. The van der Waals surface area contributed by atoms with Crippen LogP contribution < -0.4 is 0 Å². The molecule has 1 nitrogen and oxygen atoms in total. The standard InChI is InChI=1S/C12H10IN/c1-9-7-11(12(13)14-8-9)10-5-3-2-4-6-10/h2-8H,1H3. The molecule has 1 aromatic carbocycles. The van der Waals surface area contributed by atoms with E-state index < -0.39 is 0 Å². The minimum Gasteiger partial charge on any atom is -0.249 e. The van der Waals surface area contributed by atoms with Crippen LogP contribution in [0.1, 0.15) is 5.56 Å². The first-order chi connectivity index (χ1) is 6.77. The van der Waals surface area contributed by atoms with Gasteiger partial charge in [-0.1, -0.05) is 30.3 Å². The summed E-state index contributed by atoms with van der Waals surface area (Å²) in [6.45, 7) is 2.06. The van der Waals surface area contributed by atoms with Crippen molar-refractivity contribution in [1.82, 2.24) is 4.98 Å². The van der Waals surface area contributed by atoms with Gasteiger partial charge in [-0.05, 0) is 46.7 Å². The lowest BCUT2D eigenvalue weighted by Crippen LogP contribution is -1.88. The molecule has 0 fully saturated rings. The predicted molar refractivity (Wildman–Crippen MR) is 67.1 cm³/mol. The number of rotatable bonds is 1. The summed E-state index contributed by atoms with van der Waals surface area (Å²) in [5.74, 6) is 0. The van der Waals surface area contributed by atoms with Gasteiger partial charge in [0.25, 0.3) is 0 Å². The molecule has 2 aromatic rings. The van der Waals surface area contributed by atoms with Crippen LogP contribution in [-0.4, -0.2) is 4.98 Å². The summed E-state index contributed by atoms with van der Waals surface area (Å²) >= 11 is 2.27. The van der Waals surface area contributed by atoms with E-state index in [-0.39, 0.29) is 0 Å². The van der Waals surface area contributed by atoms with Gasteiger partial charge in [0.15, 0.2) is 0 Å². The highest BCUT2D eigenvalue weighted by Gasteiger charge is 2.02. The molecule has 0 atom stereocenters. The van der Waals surface area contributed by atoms with Crippen LogP contribution in [0.2, 0.25) is 0 Å². The molecule has 0 saturated heterocycles. The van der Waals surface area contributed by atoms with Crippen molar-refractivity contribution in [3.63, 3.8) is 0 Å². The van der Waals surface area contributed by atoms with E-state index in [1.807, 2.05) is 24.4 Å². The zero-order chi connectivity index (χ0) is 9.97. The van der Waals surface area contributed by atoms with Crippen LogP contribution in [0.5, 0.6) is 0 Å².